The maximum Gasteiger partial charge on any atom is 0.330 e. The Balaban J connectivity index is 1.76. The number of hydrogen-bond donors (Lipinski definition) is 0. The highest BCUT2D eigenvalue weighted by atomic mass is 35.5. The van der Waals surface area contributed by atoms with E-state index < -0.39 is 24.1 Å². The van der Waals surface area contributed by atoms with Crippen LogP contribution in [0.2, 0.25) is 5.02 Å². The lowest BCUT2D eigenvalue weighted by Gasteiger charge is -2.30. The summed E-state index contributed by atoms with van der Waals surface area (Å²) >= 11 is 6.41. The van der Waals surface area contributed by atoms with Crippen molar-refractivity contribution in [3.8, 4) is 11.5 Å². The number of carbonyl (C=O) groups excluding carboxylic acids is 2. The largest absolute Gasteiger partial charge is 0.489 e. The molecule has 0 aromatic heterocycles. The summed E-state index contributed by atoms with van der Waals surface area (Å²) < 4.78 is 23.4. The molecule has 2 aromatic carbocycles. The van der Waals surface area contributed by atoms with Crippen LogP contribution in [0.3, 0.4) is 0 Å². The number of benzene rings is 2. The van der Waals surface area contributed by atoms with Crippen molar-refractivity contribution >= 4 is 34.3 Å². The number of fused-ring (bicyclic) bond motifs is 6. The molecule has 0 spiro atoms. The molecule has 1 saturated carbocycles. The summed E-state index contributed by atoms with van der Waals surface area (Å²) in [5.74, 6) is 0.935. The van der Waals surface area contributed by atoms with Crippen molar-refractivity contribution in [2.24, 2.45) is 0 Å². The Morgan fingerprint density at radius 1 is 1.06 bits per heavy atom. The van der Waals surface area contributed by atoms with E-state index >= 15 is 0 Å². The number of hydrogen-bond acceptors (Lipinski definition) is 6. The van der Waals surface area contributed by atoms with Gasteiger partial charge in [-0.15, -0.1) is 0 Å². The molecule has 2 bridgehead atoms. The van der Waals surface area contributed by atoms with E-state index in [1.54, 1.807) is 13.8 Å². The van der Waals surface area contributed by atoms with Crippen molar-refractivity contribution in [2.45, 2.75) is 63.6 Å². The summed E-state index contributed by atoms with van der Waals surface area (Å²) in [6.45, 7) is 13.1. The van der Waals surface area contributed by atoms with E-state index in [1.807, 2.05) is 18.2 Å². The first-order valence-electron chi connectivity index (χ1n) is 11.9. The van der Waals surface area contributed by atoms with Crippen LogP contribution in [0.25, 0.3) is 10.8 Å². The van der Waals surface area contributed by atoms with Crippen molar-refractivity contribution in [3.05, 3.63) is 59.7 Å². The smallest absolute Gasteiger partial charge is 0.330 e. The van der Waals surface area contributed by atoms with Gasteiger partial charge in [-0.2, -0.15) is 0 Å². The fourth-order valence-corrected chi connectivity index (χ4v) is 5.56. The lowest BCUT2D eigenvalue weighted by Crippen LogP contribution is -2.24. The normalized spacial score (nSPS) is 21.7. The highest BCUT2D eigenvalue weighted by Gasteiger charge is 2.50. The molecule has 0 amide bonds. The van der Waals surface area contributed by atoms with Gasteiger partial charge < -0.3 is 18.9 Å². The van der Waals surface area contributed by atoms with Crippen LogP contribution in [0.4, 0.5) is 0 Å². The fraction of sp³-hybridized carbons (Fsp3) is 0.429. The van der Waals surface area contributed by atoms with Gasteiger partial charge in [0.2, 0.25) is 0 Å². The minimum Gasteiger partial charge on any atom is -0.489 e. The number of rotatable bonds is 10. The number of carbonyl (C=O) groups is 2. The quantitative estimate of drug-likeness (QED) is 0.294. The third-order valence-electron chi connectivity index (χ3n) is 6.86. The van der Waals surface area contributed by atoms with Gasteiger partial charge in [-0.3, -0.25) is 0 Å². The summed E-state index contributed by atoms with van der Waals surface area (Å²) in [7, 11) is 0. The van der Waals surface area contributed by atoms with Gasteiger partial charge in [-0.05, 0) is 62.6 Å². The van der Waals surface area contributed by atoms with Crippen LogP contribution in [0.1, 0.15) is 57.1 Å². The van der Waals surface area contributed by atoms with Crippen LogP contribution < -0.4 is 9.47 Å². The Bertz CT molecular complexity index is 1190. The molecule has 6 nitrogen and oxygen atoms in total. The zero-order chi connectivity index (χ0) is 25.3. The molecule has 4 rings (SSSR count). The Labute approximate surface area is 210 Å². The minimum absolute atomic E-state index is 0.0385. The molecule has 1 fully saturated rings. The summed E-state index contributed by atoms with van der Waals surface area (Å²) in [4.78, 5) is 23.2. The van der Waals surface area contributed by atoms with Gasteiger partial charge in [0.15, 0.2) is 0 Å². The molecular formula is C28H31ClO6. The van der Waals surface area contributed by atoms with Crippen LogP contribution >= 0.6 is 11.6 Å². The molecule has 0 aliphatic heterocycles. The SMILES string of the molecule is C=CC(=O)OC(C)COc1c2c(c(OCC(C)OC(=O)C=C)c3ccc(Cl)cc13)C1(C)CCC2C1. The molecule has 2 aliphatic rings. The average Bonchev–Trinajstić information content (AvgIpc) is 3.35. The first-order valence-corrected chi connectivity index (χ1v) is 12.3. The van der Waals surface area contributed by atoms with E-state index in [4.69, 9.17) is 30.5 Å². The Morgan fingerprint density at radius 2 is 1.66 bits per heavy atom. The standard InChI is InChI=1S/C28H31ClO6/c1-6-22(30)34-16(3)14-32-26-21-12-19(29)8-9-20(21)27(33-15-17(4)35-23(31)7-2)25-24(26)18-10-11-28(25,5)13-18/h6-9,12,16-18H,1-2,10-11,13-15H2,3-5H3. The Morgan fingerprint density at radius 3 is 2.26 bits per heavy atom. The molecule has 0 N–H and O–H groups in total. The molecule has 0 saturated heterocycles. The van der Waals surface area contributed by atoms with Crippen molar-refractivity contribution < 1.29 is 28.5 Å². The maximum absolute atomic E-state index is 11.6. The molecule has 0 radical (unpaired) electrons. The van der Waals surface area contributed by atoms with Gasteiger partial charge in [0.25, 0.3) is 0 Å². The number of halogens is 1. The van der Waals surface area contributed by atoms with E-state index in [0.29, 0.717) is 10.9 Å². The predicted octanol–water partition coefficient (Wildman–Crippen LogP) is 6.03. The van der Waals surface area contributed by atoms with Gasteiger partial charge in [0, 0.05) is 39.1 Å². The van der Waals surface area contributed by atoms with Crippen LogP contribution in [0.15, 0.2) is 43.5 Å². The fourth-order valence-electron chi connectivity index (χ4n) is 5.39. The van der Waals surface area contributed by atoms with Crippen molar-refractivity contribution in [1.82, 2.24) is 0 Å². The average molecular weight is 499 g/mol. The van der Waals surface area contributed by atoms with E-state index in [0.717, 1.165) is 64.8 Å². The molecule has 0 heterocycles. The first kappa shape index (κ1) is 25.1. The van der Waals surface area contributed by atoms with Crippen molar-refractivity contribution in [2.75, 3.05) is 13.2 Å². The molecule has 4 unspecified atom stereocenters. The molecule has 186 valence electrons. The summed E-state index contributed by atoms with van der Waals surface area (Å²) in [6, 6.07) is 5.66. The molecular weight excluding hydrogens is 468 g/mol. The summed E-state index contributed by atoms with van der Waals surface area (Å²) in [5, 5.41) is 2.32. The van der Waals surface area contributed by atoms with Gasteiger partial charge in [0.1, 0.15) is 36.9 Å². The van der Waals surface area contributed by atoms with E-state index in [9.17, 15) is 9.59 Å². The Kier molecular flexibility index (Phi) is 7.13. The summed E-state index contributed by atoms with van der Waals surface area (Å²) in [6.07, 6.45) is 4.54. The highest BCUT2D eigenvalue weighted by molar-refractivity contribution is 6.31. The molecule has 35 heavy (non-hydrogen) atoms. The van der Waals surface area contributed by atoms with Crippen LogP contribution in [0.5, 0.6) is 11.5 Å². The topological polar surface area (TPSA) is 71.1 Å². The van der Waals surface area contributed by atoms with Crippen LogP contribution in [0, 0.1) is 0 Å². The number of esters is 2. The highest BCUT2D eigenvalue weighted by Crippen LogP contribution is 2.64. The molecule has 7 heteroatoms. The maximum atomic E-state index is 11.6. The van der Waals surface area contributed by atoms with Crippen molar-refractivity contribution in [1.29, 1.82) is 0 Å². The van der Waals surface area contributed by atoms with E-state index in [1.165, 1.54) is 0 Å². The van der Waals surface area contributed by atoms with Gasteiger partial charge in [-0.25, -0.2) is 9.59 Å². The van der Waals surface area contributed by atoms with Gasteiger partial charge >= 0.3 is 11.9 Å². The monoisotopic (exact) mass is 498 g/mol. The second-order valence-corrected chi connectivity index (χ2v) is 10.1. The lowest BCUT2D eigenvalue weighted by atomic mass is 9.78. The minimum atomic E-state index is -0.485. The van der Waals surface area contributed by atoms with Gasteiger partial charge in [0.05, 0.1) is 0 Å². The molecule has 2 aromatic rings. The second-order valence-electron chi connectivity index (χ2n) is 9.66. The second kappa shape index (κ2) is 9.94. The zero-order valence-corrected chi connectivity index (χ0v) is 21.2. The summed E-state index contributed by atoms with van der Waals surface area (Å²) in [5.41, 5.74) is 2.25. The molecule has 2 aliphatic carbocycles. The predicted molar refractivity (Wildman–Crippen MR) is 135 cm³/mol. The third-order valence-corrected chi connectivity index (χ3v) is 7.09. The van der Waals surface area contributed by atoms with Crippen LogP contribution in [-0.2, 0) is 24.5 Å². The van der Waals surface area contributed by atoms with E-state index in [2.05, 4.69) is 20.1 Å². The van der Waals surface area contributed by atoms with Gasteiger partial charge in [-0.1, -0.05) is 31.7 Å². The zero-order valence-electron chi connectivity index (χ0n) is 20.4. The Hall–Kier alpha value is -2.99. The third kappa shape index (κ3) is 4.90. The van der Waals surface area contributed by atoms with Crippen molar-refractivity contribution in [3.63, 3.8) is 0 Å². The molecule has 4 atom stereocenters. The van der Waals surface area contributed by atoms with E-state index in [-0.39, 0.29) is 18.6 Å². The first-order chi connectivity index (χ1) is 16.7. The van der Waals surface area contributed by atoms with Crippen LogP contribution in [-0.4, -0.2) is 37.4 Å². The lowest BCUT2D eigenvalue weighted by molar-refractivity contribution is -0.144. The number of ether oxygens (including phenoxy) is 4.